The van der Waals surface area contributed by atoms with E-state index in [1.54, 1.807) is 44.2 Å². The lowest BCUT2D eigenvalue weighted by Gasteiger charge is -2.09. The molecular formula is C15H15NO4S2. The first-order valence-electron chi connectivity index (χ1n) is 6.61. The highest BCUT2D eigenvalue weighted by Gasteiger charge is 2.21. The molecule has 1 N–H and O–H groups in total. The third kappa shape index (κ3) is 4.85. The zero-order valence-corrected chi connectivity index (χ0v) is 13.8. The number of amides is 1. The zero-order chi connectivity index (χ0) is 16.1. The summed E-state index contributed by atoms with van der Waals surface area (Å²) in [7, 11) is 0. The first-order chi connectivity index (χ1) is 10.4. The van der Waals surface area contributed by atoms with Crippen molar-refractivity contribution in [3.63, 3.8) is 0 Å². The van der Waals surface area contributed by atoms with Crippen LogP contribution in [0, 0.1) is 0 Å². The van der Waals surface area contributed by atoms with Gasteiger partial charge in [-0.2, -0.15) is 0 Å². The van der Waals surface area contributed by atoms with Gasteiger partial charge in [0.15, 0.2) is 6.61 Å². The van der Waals surface area contributed by atoms with Gasteiger partial charge in [0.1, 0.15) is 10.1 Å². The SMILES string of the molecule is CC(C)OC(=O)COc1ccc(/C=C2/SC(=S)NC2=O)cc1. The van der Waals surface area contributed by atoms with E-state index in [1.165, 1.54) is 11.8 Å². The van der Waals surface area contributed by atoms with Crippen LogP contribution in [0.3, 0.4) is 0 Å². The molecule has 7 heteroatoms. The van der Waals surface area contributed by atoms with Crippen LogP contribution in [0.4, 0.5) is 0 Å². The standard InChI is InChI=1S/C15H15NO4S2/c1-9(2)20-13(17)8-19-11-5-3-10(4-6-11)7-12-14(18)16-15(21)22-12/h3-7,9H,8H2,1-2H3,(H,16,18,21)/b12-7+. The van der Waals surface area contributed by atoms with Gasteiger partial charge in [0.05, 0.1) is 11.0 Å². The Bertz CT molecular complexity index is 623. The maximum absolute atomic E-state index is 11.6. The van der Waals surface area contributed by atoms with Crippen LogP contribution in [0.1, 0.15) is 19.4 Å². The molecule has 1 aliphatic rings. The number of nitrogens with one attached hydrogen (secondary N) is 1. The lowest BCUT2D eigenvalue weighted by atomic mass is 10.2. The predicted octanol–water partition coefficient (Wildman–Crippen LogP) is 2.51. The van der Waals surface area contributed by atoms with E-state index >= 15 is 0 Å². The van der Waals surface area contributed by atoms with Crippen LogP contribution in [0.5, 0.6) is 5.75 Å². The average molecular weight is 337 g/mol. The third-order valence-electron chi connectivity index (χ3n) is 2.54. The molecule has 0 unspecified atom stereocenters. The minimum absolute atomic E-state index is 0.134. The van der Waals surface area contributed by atoms with Crippen molar-refractivity contribution in [3.8, 4) is 5.75 Å². The first kappa shape index (κ1) is 16.5. The summed E-state index contributed by atoms with van der Waals surface area (Å²) in [6.07, 6.45) is 1.59. The van der Waals surface area contributed by atoms with Crippen molar-refractivity contribution < 1.29 is 19.1 Å². The Morgan fingerprint density at radius 3 is 2.59 bits per heavy atom. The van der Waals surface area contributed by atoms with E-state index in [-0.39, 0.29) is 18.6 Å². The molecular weight excluding hydrogens is 322 g/mol. The summed E-state index contributed by atoms with van der Waals surface area (Å²) < 4.78 is 10.8. The molecule has 22 heavy (non-hydrogen) atoms. The molecule has 0 atom stereocenters. The van der Waals surface area contributed by atoms with E-state index in [0.717, 1.165) is 5.56 Å². The van der Waals surface area contributed by atoms with Gasteiger partial charge in [-0.3, -0.25) is 4.79 Å². The normalized spacial score (nSPS) is 16.0. The summed E-state index contributed by atoms with van der Waals surface area (Å²) in [5, 5.41) is 2.56. The number of ether oxygens (including phenoxy) is 2. The van der Waals surface area contributed by atoms with Crippen LogP contribution >= 0.6 is 24.0 Å². The molecule has 0 aromatic heterocycles. The summed E-state index contributed by atoms with van der Waals surface area (Å²) in [5.74, 6) is -0.0394. The van der Waals surface area contributed by atoms with Gasteiger partial charge in [0, 0.05) is 0 Å². The molecule has 1 aromatic carbocycles. The summed E-state index contributed by atoms with van der Waals surface area (Å²) in [5.41, 5.74) is 0.847. The molecule has 116 valence electrons. The van der Waals surface area contributed by atoms with Crippen LogP contribution < -0.4 is 10.1 Å². The molecule has 1 heterocycles. The third-order valence-corrected chi connectivity index (χ3v) is 3.71. The molecule has 1 aliphatic heterocycles. The van der Waals surface area contributed by atoms with Crippen LogP contribution in [-0.4, -0.2) is 28.9 Å². The van der Waals surface area contributed by atoms with E-state index in [4.69, 9.17) is 21.7 Å². The Kier molecular flexibility index (Phi) is 5.57. The minimum Gasteiger partial charge on any atom is -0.482 e. The van der Waals surface area contributed by atoms with Crippen molar-refractivity contribution in [2.75, 3.05) is 6.61 Å². The molecule has 5 nitrogen and oxygen atoms in total. The molecule has 2 rings (SSSR count). The van der Waals surface area contributed by atoms with E-state index in [2.05, 4.69) is 5.32 Å². The van der Waals surface area contributed by atoms with Gasteiger partial charge >= 0.3 is 5.97 Å². The lowest BCUT2D eigenvalue weighted by molar-refractivity contribution is -0.149. The number of rotatable bonds is 5. The van der Waals surface area contributed by atoms with Crippen molar-refractivity contribution in [3.05, 3.63) is 34.7 Å². The Balaban J connectivity index is 1.93. The van der Waals surface area contributed by atoms with Gasteiger partial charge in [-0.1, -0.05) is 36.1 Å². The molecule has 0 radical (unpaired) electrons. The van der Waals surface area contributed by atoms with Crippen molar-refractivity contribution in [2.45, 2.75) is 20.0 Å². The summed E-state index contributed by atoms with van der Waals surface area (Å²) in [4.78, 5) is 23.5. The quantitative estimate of drug-likeness (QED) is 0.506. The zero-order valence-electron chi connectivity index (χ0n) is 12.1. The highest BCUT2D eigenvalue weighted by molar-refractivity contribution is 8.26. The molecule has 1 fully saturated rings. The number of hydrogen-bond acceptors (Lipinski definition) is 6. The van der Waals surface area contributed by atoms with Gasteiger partial charge in [0.25, 0.3) is 5.91 Å². The molecule has 0 bridgehead atoms. The van der Waals surface area contributed by atoms with Crippen LogP contribution in [0.25, 0.3) is 6.08 Å². The lowest BCUT2D eigenvalue weighted by Crippen LogP contribution is -2.18. The smallest absolute Gasteiger partial charge is 0.344 e. The van der Waals surface area contributed by atoms with Crippen LogP contribution in [0.15, 0.2) is 29.2 Å². The fraction of sp³-hybridized carbons (Fsp3) is 0.267. The Morgan fingerprint density at radius 1 is 1.36 bits per heavy atom. The van der Waals surface area contributed by atoms with Gasteiger partial charge in [-0.05, 0) is 37.6 Å². The molecule has 1 amide bonds. The van der Waals surface area contributed by atoms with Gasteiger partial charge in [0.2, 0.25) is 0 Å². The molecule has 0 saturated carbocycles. The van der Waals surface area contributed by atoms with E-state index in [0.29, 0.717) is 15.0 Å². The van der Waals surface area contributed by atoms with E-state index in [9.17, 15) is 9.59 Å². The summed E-state index contributed by atoms with van der Waals surface area (Å²) in [6.45, 7) is 3.43. The Hall–Kier alpha value is -1.86. The topological polar surface area (TPSA) is 64.6 Å². The number of thioether (sulfide) groups is 1. The Morgan fingerprint density at radius 2 is 2.05 bits per heavy atom. The van der Waals surface area contributed by atoms with Gasteiger partial charge in [-0.25, -0.2) is 4.79 Å². The fourth-order valence-electron chi connectivity index (χ4n) is 1.67. The predicted molar refractivity (Wildman–Crippen MR) is 89.5 cm³/mol. The maximum atomic E-state index is 11.6. The second-order valence-electron chi connectivity index (χ2n) is 4.75. The summed E-state index contributed by atoms with van der Waals surface area (Å²) in [6, 6.07) is 7.05. The van der Waals surface area contributed by atoms with Crippen molar-refractivity contribution in [1.29, 1.82) is 0 Å². The van der Waals surface area contributed by atoms with Crippen molar-refractivity contribution in [2.24, 2.45) is 0 Å². The fourth-order valence-corrected chi connectivity index (χ4v) is 2.72. The molecule has 0 aliphatic carbocycles. The van der Waals surface area contributed by atoms with E-state index in [1.807, 2.05) is 0 Å². The monoisotopic (exact) mass is 337 g/mol. The average Bonchev–Trinajstić information content (AvgIpc) is 2.75. The molecule has 0 spiro atoms. The number of carbonyl (C=O) groups is 2. The van der Waals surface area contributed by atoms with Crippen molar-refractivity contribution in [1.82, 2.24) is 5.32 Å². The maximum Gasteiger partial charge on any atom is 0.344 e. The second kappa shape index (κ2) is 7.42. The van der Waals surface area contributed by atoms with Crippen LogP contribution in [-0.2, 0) is 14.3 Å². The number of carbonyl (C=O) groups excluding carboxylic acids is 2. The molecule has 1 aromatic rings. The Labute approximate surface area is 138 Å². The van der Waals surface area contributed by atoms with Gasteiger partial charge in [-0.15, -0.1) is 0 Å². The number of esters is 1. The number of hydrogen-bond donors (Lipinski definition) is 1. The minimum atomic E-state index is -0.409. The summed E-state index contributed by atoms with van der Waals surface area (Å²) >= 11 is 6.16. The first-order valence-corrected chi connectivity index (χ1v) is 7.83. The number of thiocarbonyl (C=S) groups is 1. The highest BCUT2D eigenvalue weighted by atomic mass is 32.2. The number of benzene rings is 1. The van der Waals surface area contributed by atoms with Gasteiger partial charge < -0.3 is 14.8 Å². The highest BCUT2D eigenvalue weighted by Crippen LogP contribution is 2.26. The molecule has 1 saturated heterocycles. The second-order valence-corrected chi connectivity index (χ2v) is 6.47. The van der Waals surface area contributed by atoms with E-state index < -0.39 is 5.97 Å². The largest absolute Gasteiger partial charge is 0.482 e. The van der Waals surface area contributed by atoms with Crippen molar-refractivity contribution >= 4 is 46.3 Å². The van der Waals surface area contributed by atoms with Crippen LogP contribution in [0.2, 0.25) is 0 Å².